The zero-order valence-electron chi connectivity index (χ0n) is 9.31. The largest absolute Gasteiger partial charge is 2.00 e. The van der Waals surface area contributed by atoms with Gasteiger partial charge in [0.05, 0.1) is 24.1 Å². The first kappa shape index (κ1) is 20.8. The first-order valence-corrected chi connectivity index (χ1v) is 3.84. The van der Waals surface area contributed by atoms with Gasteiger partial charge in [0.25, 0.3) is 0 Å². The molecule has 0 aliphatic rings. The molecule has 0 aromatic heterocycles. The molecular formula is C8H14BaO6. The van der Waals surface area contributed by atoms with Crippen LogP contribution in [0.4, 0.5) is 0 Å². The normalized spacial score (nSPS) is 12.5. The summed E-state index contributed by atoms with van der Waals surface area (Å²) in [4.78, 5) is 19.4. The molecule has 0 fully saturated rings. The third-order valence-corrected chi connectivity index (χ3v) is 1.37. The summed E-state index contributed by atoms with van der Waals surface area (Å²) in [5, 5.41) is 19.4. The van der Waals surface area contributed by atoms with Gasteiger partial charge in [-0.15, -0.1) is 0 Å². The van der Waals surface area contributed by atoms with Gasteiger partial charge < -0.3 is 29.3 Å². The fourth-order valence-electron chi connectivity index (χ4n) is 0.192. The van der Waals surface area contributed by atoms with Crippen LogP contribution in [0.1, 0.15) is 13.8 Å². The van der Waals surface area contributed by atoms with Gasteiger partial charge in [-0.25, -0.2) is 0 Å². The van der Waals surface area contributed by atoms with Crippen LogP contribution < -0.4 is 10.2 Å². The molecule has 0 rings (SSSR count). The van der Waals surface area contributed by atoms with E-state index >= 15 is 0 Å². The van der Waals surface area contributed by atoms with Crippen LogP contribution in [-0.4, -0.2) is 87.2 Å². The zero-order chi connectivity index (χ0) is 11.7. The number of rotatable bonds is 4. The summed E-state index contributed by atoms with van der Waals surface area (Å²) in [6.07, 6.45) is -1.58. The number of hydrogen-bond acceptors (Lipinski definition) is 6. The fraction of sp³-hybridized carbons (Fsp3) is 0.750. The molecule has 0 spiro atoms. The van der Waals surface area contributed by atoms with Gasteiger partial charge in [0, 0.05) is 14.2 Å². The predicted molar refractivity (Wildman–Crippen MR) is 48.7 cm³/mol. The molecule has 0 saturated carbocycles. The molecule has 84 valence electrons. The Balaban J connectivity index is -0.000000180. The van der Waals surface area contributed by atoms with Crippen molar-refractivity contribution >= 4 is 60.8 Å². The van der Waals surface area contributed by atoms with Gasteiger partial charge in [0.15, 0.2) is 0 Å². The van der Waals surface area contributed by atoms with Crippen LogP contribution in [0.2, 0.25) is 0 Å². The second kappa shape index (κ2) is 12.5. The van der Waals surface area contributed by atoms with Crippen LogP contribution in [0.5, 0.6) is 0 Å². The second-order valence-corrected chi connectivity index (χ2v) is 2.39. The molecule has 0 aromatic rings. The zero-order valence-corrected chi connectivity index (χ0v) is 13.8. The van der Waals surface area contributed by atoms with Gasteiger partial charge in [-0.2, -0.15) is 0 Å². The minimum Gasteiger partial charge on any atom is -0.547 e. The maximum absolute atomic E-state index is 9.69. The van der Waals surface area contributed by atoms with E-state index in [-0.39, 0.29) is 48.9 Å². The Morgan fingerprint density at radius 1 is 0.933 bits per heavy atom. The molecule has 0 saturated heterocycles. The van der Waals surface area contributed by atoms with Crippen molar-refractivity contribution in [3.05, 3.63) is 0 Å². The topological polar surface area (TPSA) is 98.7 Å². The first-order chi connectivity index (χ1) is 6.36. The Morgan fingerprint density at radius 2 is 1.13 bits per heavy atom. The maximum Gasteiger partial charge on any atom is 2.00 e. The minimum atomic E-state index is -1.18. The van der Waals surface area contributed by atoms with Crippen LogP contribution in [-0.2, 0) is 19.1 Å². The summed E-state index contributed by atoms with van der Waals surface area (Å²) in [6.45, 7) is 2.82. The SMILES string of the molecule is CO[C@H](C)C(=O)[O-].CO[C@H](C)C(=O)[O-].[Ba+2]. The molecular weight excluding hydrogens is 329 g/mol. The van der Waals surface area contributed by atoms with Crippen molar-refractivity contribution in [3.8, 4) is 0 Å². The molecule has 6 nitrogen and oxygen atoms in total. The Morgan fingerprint density at radius 3 is 1.13 bits per heavy atom. The smallest absolute Gasteiger partial charge is 0.547 e. The summed E-state index contributed by atoms with van der Waals surface area (Å²) < 4.78 is 8.70. The molecule has 0 N–H and O–H groups in total. The van der Waals surface area contributed by atoms with Crippen LogP contribution in [0, 0.1) is 0 Å². The molecule has 0 amide bonds. The molecule has 0 radical (unpaired) electrons. The second-order valence-electron chi connectivity index (χ2n) is 2.39. The van der Waals surface area contributed by atoms with Gasteiger partial charge >= 0.3 is 48.9 Å². The first-order valence-electron chi connectivity index (χ1n) is 3.84. The molecule has 0 unspecified atom stereocenters. The van der Waals surface area contributed by atoms with E-state index in [2.05, 4.69) is 9.47 Å². The monoisotopic (exact) mass is 344 g/mol. The molecule has 0 heterocycles. The standard InChI is InChI=1S/2C4H8O3.Ba/c2*1-3(7-2)4(5)6;/h2*3H,1-2H3,(H,5,6);/q;;+2/p-2/t2*3-;/m11./s1. The number of carbonyl (C=O) groups is 2. The van der Waals surface area contributed by atoms with E-state index in [0.29, 0.717) is 0 Å². The van der Waals surface area contributed by atoms with Crippen molar-refractivity contribution in [2.45, 2.75) is 26.1 Å². The van der Waals surface area contributed by atoms with Crippen molar-refractivity contribution in [3.63, 3.8) is 0 Å². The van der Waals surface area contributed by atoms with Gasteiger partial charge in [-0.3, -0.25) is 0 Å². The van der Waals surface area contributed by atoms with Crippen molar-refractivity contribution in [2.75, 3.05) is 14.2 Å². The fourth-order valence-corrected chi connectivity index (χ4v) is 0.192. The Hall–Kier alpha value is 0.431. The molecule has 2 atom stereocenters. The molecule has 0 aliphatic carbocycles. The van der Waals surface area contributed by atoms with Crippen molar-refractivity contribution in [2.24, 2.45) is 0 Å². The molecule has 0 aromatic carbocycles. The summed E-state index contributed by atoms with van der Waals surface area (Å²) in [5.41, 5.74) is 0. The van der Waals surface area contributed by atoms with Crippen LogP contribution in [0.3, 0.4) is 0 Å². The molecule has 0 aliphatic heterocycles. The third-order valence-electron chi connectivity index (χ3n) is 1.37. The Labute approximate surface area is 129 Å². The van der Waals surface area contributed by atoms with Crippen LogP contribution in [0.25, 0.3) is 0 Å². The quantitative estimate of drug-likeness (QED) is 0.510. The van der Waals surface area contributed by atoms with E-state index in [1.807, 2.05) is 0 Å². The number of hydrogen-bond donors (Lipinski definition) is 0. The van der Waals surface area contributed by atoms with Crippen LogP contribution >= 0.6 is 0 Å². The van der Waals surface area contributed by atoms with E-state index in [9.17, 15) is 19.8 Å². The average molecular weight is 344 g/mol. The number of carbonyl (C=O) groups excluding carboxylic acids is 2. The summed E-state index contributed by atoms with van der Waals surface area (Å²) in [7, 11) is 2.64. The summed E-state index contributed by atoms with van der Waals surface area (Å²) >= 11 is 0. The summed E-state index contributed by atoms with van der Waals surface area (Å²) in [6, 6.07) is 0. The number of methoxy groups -OCH3 is 2. The predicted octanol–water partition coefficient (Wildman–Crippen LogP) is -2.84. The van der Waals surface area contributed by atoms with E-state index in [4.69, 9.17) is 0 Å². The summed E-state index contributed by atoms with van der Waals surface area (Å²) in [5.74, 6) is -2.36. The van der Waals surface area contributed by atoms with Crippen LogP contribution in [0.15, 0.2) is 0 Å². The van der Waals surface area contributed by atoms with E-state index < -0.39 is 24.1 Å². The van der Waals surface area contributed by atoms with Gasteiger partial charge in [-0.1, -0.05) is 0 Å². The number of aliphatic carboxylic acids is 2. The van der Waals surface area contributed by atoms with Crippen molar-refractivity contribution in [1.82, 2.24) is 0 Å². The van der Waals surface area contributed by atoms with Gasteiger partial charge in [0.1, 0.15) is 0 Å². The Kier molecular flexibility index (Phi) is 17.3. The van der Waals surface area contributed by atoms with Gasteiger partial charge in [-0.05, 0) is 13.8 Å². The Bertz CT molecular complexity index is 164. The number of carboxylic acids is 2. The van der Waals surface area contributed by atoms with E-state index in [0.717, 1.165) is 0 Å². The van der Waals surface area contributed by atoms with Crippen molar-refractivity contribution < 1.29 is 29.3 Å². The third kappa shape index (κ3) is 14.4. The van der Waals surface area contributed by atoms with E-state index in [1.165, 1.54) is 28.1 Å². The average Bonchev–Trinajstić information content (AvgIpc) is 2.15. The molecule has 7 heteroatoms. The maximum atomic E-state index is 9.69. The van der Waals surface area contributed by atoms with Crippen molar-refractivity contribution in [1.29, 1.82) is 0 Å². The molecule has 0 bridgehead atoms. The van der Waals surface area contributed by atoms with Gasteiger partial charge in [0.2, 0.25) is 0 Å². The van der Waals surface area contributed by atoms with E-state index in [1.54, 1.807) is 0 Å². The number of carboxylic acid groups (broad SMARTS) is 2. The minimum absolute atomic E-state index is 0. The number of ether oxygens (including phenoxy) is 2. The molecule has 15 heavy (non-hydrogen) atoms.